The third-order valence-electron chi connectivity index (χ3n) is 11.7. The zero-order valence-electron chi connectivity index (χ0n) is 24.8. The lowest BCUT2D eigenvalue weighted by Gasteiger charge is -2.69. The minimum atomic E-state index is -1.06. The van der Waals surface area contributed by atoms with Crippen molar-refractivity contribution < 1.29 is 24.2 Å². The topological polar surface area (TPSA) is 72.8 Å². The van der Waals surface area contributed by atoms with Gasteiger partial charge in [-0.3, -0.25) is 4.79 Å². The number of hydrogen-bond acceptors (Lipinski definition) is 5. The van der Waals surface area contributed by atoms with Gasteiger partial charge in [-0.1, -0.05) is 58.8 Å². The first-order valence-corrected chi connectivity index (χ1v) is 15.8. The maximum absolute atomic E-state index is 13.4. The molecule has 3 fully saturated rings. The van der Waals surface area contributed by atoms with Gasteiger partial charge < -0.3 is 14.6 Å². The molecule has 5 rings (SSSR count). The number of cyclic esters (lactones) is 1. The van der Waals surface area contributed by atoms with E-state index in [1.807, 2.05) is 0 Å². The number of rotatable bonds is 8. The summed E-state index contributed by atoms with van der Waals surface area (Å²) in [5, 5.41) is 13.4. The summed E-state index contributed by atoms with van der Waals surface area (Å²) in [6, 6.07) is 0. The molecule has 1 N–H and O–H groups in total. The summed E-state index contributed by atoms with van der Waals surface area (Å²) in [6.07, 6.45) is 15.2. The fourth-order valence-corrected chi connectivity index (χ4v) is 9.90. The zero-order chi connectivity index (χ0) is 27.9. The average Bonchev–Trinajstić information content (AvgIpc) is 3.57. The van der Waals surface area contributed by atoms with E-state index in [2.05, 4.69) is 39.5 Å². The lowest BCUT2D eigenvalue weighted by atomic mass is 9.36. The quantitative estimate of drug-likeness (QED) is 0.269. The molecule has 0 unspecified atom stereocenters. The Balaban J connectivity index is 1.66. The Morgan fingerprint density at radius 1 is 1.10 bits per heavy atom. The van der Waals surface area contributed by atoms with Gasteiger partial charge in [-0.2, -0.15) is 0 Å². The van der Waals surface area contributed by atoms with E-state index in [0.717, 1.165) is 44.1 Å². The van der Waals surface area contributed by atoms with Crippen LogP contribution in [-0.2, 0) is 19.1 Å². The monoisotopic (exact) mass is 538 g/mol. The Kier molecular flexibility index (Phi) is 8.01. The van der Waals surface area contributed by atoms with Crippen LogP contribution in [0.2, 0.25) is 0 Å². The molecule has 0 aromatic heterocycles. The molecule has 5 aliphatic rings. The molecule has 0 saturated heterocycles. The first-order chi connectivity index (χ1) is 18.5. The lowest BCUT2D eigenvalue weighted by molar-refractivity contribution is -0.284. The Hall–Kier alpha value is -1.80. The van der Waals surface area contributed by atoms with E-state index in [1.165, 1.54) is 25.7 Å². The standard InChI is InChI=1S/C34H50O5/c1-24(2)11-9-18-33-19-10-17-32(4,26-12-5-6-13-26)30(33)27-22-31(3,16-8-7-14-28(35)39-27)34(33,37)20-15-25-21-29(36)38-23-25/h21,24,26-27,30,37H,5-7,9-15,17-20,22-23H2,1-4H3/t27-,30+,31+,32+,33+,34-/m1/s1. The zero-order valence-corrected chi connectivity index (χ0v) is 24.8. The molecule has 2 heterocycles. The number of ether oxygens (including phenoxy) is 2. The van der Waals surface area contributed by atoms with Crippen molar-refractivity contribution in [1.29, 1.82) is 0 Å². The molecule has 5 nitrogen and oxygen atoms in total. The van der Waals surface area contributed by atoms with Crippen LogP contribution in [-0.4, -0.2) is 35.4 Å². The van der Waals surface area contributed by atoms with Gasteiger partial charge in [-0.15, -0.1) is 5.92 Å². The van der Waals surface area contributed by atoms with E-state index in [1.54, 1.807) is 6.08 Å². The second-order valence-corrected chi connectivity index (χ2v) is 14.4. The number of carbonyl (C=O) groups excluding carboxylic acids is 2. The first kappa shape index (κ1) is 28.7. The fourth-order valence-electron chi connectivity index (χ4n) is 9.90. The molecular weight excluding hydrogens is 488 g/mol. The highest BCUT2D eigenvalue weighted by Crippen LogP contribution is 2.71. The molecule has 5 heteroatoms. The SMILES string of the molecule is CC(C)CCC[C@]12CCC[C@@](C)(C3CCCC3)[C@@H]1[C@H]1C[C@](C)(C#CCCC(=O)O1)[C@]2(O)CCC1=CC(=O)OC1. The van der Waals surface area contributed by atoms with Gasteiger partial charge in [0.2, 0.25) is 0 Å². The summed E-state index contributed by atoms with van der Waals surface area (Å²) in [5.41, 5.74) is -1.19. The number of fused-ring (bicyclic) bond motifs is 4. The predicted octanol–water partition coefficient (Wildman–Crippen LogP) is 6.91. The molecule has 39 heavy (non-hydrogen) atoms. The van der Waals surface area contributed by atoms with Crippen molar-refractivity contribution in [2.45, 2.75) is 136 Å². The summed E-state index contributed by atoms with van der Waals surface area (Å²) < 4.78 is 11.7. The van der Waals surface area contributed by atoms with Gasteiger partial charge in [0.1, 0.15) is 12.7 Å². The largest absolute Gasteiger partial charge is 0.462 e. The molecule has 2 aliphatic heterocycles. The Morgan fingerprint density at radius 3 is 2.56 bits per heavy atom. The van der Waals surface area contributed by atoms with Crippen molar-refractivity contribution in [3.8, 4) is 11.8 Å². The van der Waals surface area contributed by atoms with Gasteiger partial charge in [0.25, 0.3) is 0 Å². The molecule has 216 valence electrons. The second-order valence-electron chi connectivity index (χ2n) is 14.4. The van der Waals surface area contributed by atoms with Crippen molar-refractivity contribution in [3.05, 3.63) is 11.6 Å². The summed E-state index contributed by atoms with van der Waals surface area (Å²) in [5.74, 6) is 7.75. The molecule has 0 amide bonds. The van der Waals surface area contributed by atoms with Crippen LogP contribution in [0.1, 0.15) is 124 Å². The molecule has 0 spiro atoms. The second kappa shape index (κ2) is 10.9. The van der Waals surface area contributed by atoms with Crippen molar-refractivity contribution >= 4 is 11.9 Å². The maximum Gasteiger partial charge on any atom is 0.331 e. The smallest absolute Gasteiger partial charge is 0.331 e. The van der Waals surface area contributed by atoms with Gasteiger partial charge in [-0.05, 0) is 74.7 Å². The van der Waals surface area contributed by atoms with E-state index in [-0.39, 0.29) is 29.4 Å². The van der Waals surface area contributed by atoms with Crippen molar-refractivity contribution in [2.24, 2.45) is 34.0 Å². The van der Waals surface area contributed by atoms with Crippen LogP contribution < -0.4 is 0 Å². The lowest BCUT2D eigenvalue weighted by Crippen LogP contribution is -2.72. The van der Waals surface area contributed by atoms with Gasteiger partial charge >= 0.3 is 11.9 Å². The van der Waals surface area contributed by atoms with Gasteiger partial charge in [0, 0.05) is 30.3 Å². The molecule has 3 saturated carbocycles. The van der Waals surface area contributed by atoms with Crippen molar-refractivity contribution in [1.82, 2.24) is 0 Å². The highest BCUT2D eigenvalue weighted by molar-refractivity contribution is 5.85. The molecule has 0 aromatic carbocycles. The van der Waals surface area contributed by atoms with Crippen LogP contribution in [0.4, 0.5) is 0 Å². The highest BCUT2D eigenvalue weighted by atomic mass is 16.5. The molecule has 0 aromatic rings. The highest BCUT2D eigenvalue weighted by Gasteiger charge is 2.72. The van der Waals surface area contributed by atoms with E-state index in [9.17, 15) is 14.7 Å². The van der Waals surface area contributed by atoms with Gasteiger partial charge in [0.05, 0.1) is 17.4 Å². The summed E-state index contributed by atoms with van der Waals surface area (Å²) in [6.45, 7) is 9.49. The molecule has 6 atom stereocenters. The van der Waals surface area contributed by atoms with E-state index in [4.69, 9.17) is 9.47 Å². The molecular formula is C34H50O5. The summed E-state index contributed by atoms with van der Waals surface area (Å²) in [7, 11) is 0. The third kappa shape index (κ3) is 4.98. The van der Waals surface area contributed by atoms with E-state index in [0.29, 0.717) is 50.5 Å². The number of aliphatic hydroxyl groups is 1. The summed E-state index contributed by atoms with van der Waals surface area (Å²) in [4.78, 5) is 25.0. The number of hydrogen-bond donors (Lipinski definition) is 1. The van der Waals surface area contributed by atoms with E-state index >= 15 is 0 Å². The van der Waals surface area contributed by atoms with Gasteiger partial charge in [0.15, 0.2) is 0 Å². The molecule has 0 radical (unpaired) electrons. The predicted molar refractivity (Wildman–Crippen MR) is 151 cm³/mol. The van der Waals surface area contributed by atoms with Crippen LogP contribution in [0.5, 0.6) is 0 Å². The van der Waals surface area contributed by atoms with Gasteiger partial charge in [-0.25, -0.2) is 4.79 Å². The molecule has 2 bridgehead atoms. The third-order valence-corrected chi connectivity index (χ3v) is 11.7. The van der Waals surface area contributed by atoms with Crippen molar-refractivity contribution in [3.63, 3.8) is 0 Å². The van der Waals surface area contributed by atoms with Crippen LogP contribution in [0.15, 0.2) is 11.6 Å². The minimum absolute atomic E-state index is 0.0139. The summed E-state index contributed by atoms with van der Waals surface area (Å²) >= 11 is 0. The number of esters is 2. The minimum Gasteiger partial charge on any atom is -0.462 e. The number of carbonyl (C=O) groups is 2. The average molecular weight is 539 g/mol. The Bertz CT molecular complexity index is 1040. The maximum atomic E-state index is 13.4. The normalized spacial score (nSPS) is 40.5. The van der Waals surface area contributed by atoms with Crippen LogP contribution in [0.25, 0.3) is 0 Å². The Labute approximate surface area is 235 Å². The van der Waals surface area contributed by atoms with E-state index < -0.39 is 16.4 Å². The first-order valence-electron chi connectivity index (χ1n) is 15.8. The van der Waals surface area contributed by atoms with Crippen molar-refractivity contribution in [2.75, 3.05) is 6.61 Å². The fraction of sp³-hybridized carbons (Fsp3) is 0.824. The Morgan fingerprint density at radius 2 is 1.87 bits per heavy atom. The van der Waals surface area contributed by atoms with Crippen LogP contribution in [0, 0.1) is 45.8 Å². The molecule has 3 aliphatic carbocycles. The van der Waals surface area contributed by atoms with Crippen LogP contribution in [0.3, 0.4) is 0 Å². The van der Waals surface area contributed by atoms with Crippen LogP contribution >= 0.6 is 0 Å².